The zero-order chi connectivity index (χ0) is 12.4. The lowest BCUT2D eigenvalue weighted by Gasteiger charge is -2.48. The monoisotopic (exact) mass is 222 g/mol. The predicted molar refractivity (Wildman–Crippen MR) is 70.4 cm³/mol. The van der Waals surface area contributed by atoms with Crippen molar-refractivity contribution in [3.05, 3.63) is 23.3 Å². The third-order valence-corrected chi connectivity index (χ3v) is 4.27. The molecule has 0 heterocycles. The van der Waals surface area contributed by atoms with Crippen molar-refractivity contribution in [1.82, 2.24) is 0 Å². The van der Waals surface area contributed by atoms with Crippen LogP contribution in [0.4, 0.5) is 0 Å². The van der Waals surface area contributed by atoms with Crippen LogP contribution in [-0.2, 0) is 0 Å². The summed E-state index contributed by atoms with van der Waals surface area (Å²) in [5.41, 5.74) is 1.88. The largest absolute Gasteiger partial charge is 0.385 e. The van der Waals surface area contributed by atoms with E-state index in [2.05, 4.69) is 46.8 Å². The molecule has 0 bridgehead atoms. The number of aliphatic hydroxyl groups is 1. The van der Waals surface area contributed by atoms with Crippen LogP contribution in [0.3, 0.4) is 0 Å². The second-order valence-electron chi connectivity index (χ2n) is 5.69. The van der Waals surface area contributed by atoms with E-state index in [0.717, 1.165) is 31.3 Å². The van der Waals surface area contributed by atoms with Crippen LogP contribution < -0.4 is 0 Å². The first-order valence-corrected chi connectivity index (χ1v) is 6.39. The molecule has 1 aliphatic carbocycles. The van der Waals surface area contributed by atoms with Crippen LogP contribution in [0, 0.1) is 5.41 Å². The van der Waals surface area contributed by atoms with Crippen molar-refractivity contribution in [1.29, 1.82) is 0 Å². The highest BCUT2D eigenvalue weighted by atomic mass is 16.3. The highest BCUT2D eigenvalue weighted by Crippen LogP contribution is 2.49. The molecule has 0 saturated heterocycles. The van der Waals surface area contributed by atoms with Gasteiger partial charge < -0.3 is 5.11 Å². The van der Waals surface area contributed by atoms with E-state index < -0.39 is 5.60 Å². The maximum Gasteiger partial charge on any atom is 0.0907 e. The maximum atomic E-state index is 10.9. The Morgan fingerprint density at radius 2 is 2.12 bits per heavy atom. The Balaban J connectivity index is 3.02. The second-order valence-corrected chi connectivity index (χ2v) is 5.69. The summed E-state index contributed by atoms with van der Waals surface area (Å²) in [4.78, 5) is 0. The molecule has 1 aliphatic rings. The molecular formula is C15H26O. The van der Waals surface area contributed by atoms with Crippen molar-refractivity contribution in [3.63, 3.8) is 0 Å². The SMILES string of the molecule is CCC1(O)C(C)=CCCC1(C)CC=C(C)C. The average Bonchev–Trinajstić information content (AvgIpc) is 2.23. The Bertz CT molecular complexity index is 309. The third kappa shape index (κ3) is 2.24. The maximum absolute atomic E-state index is 10.9. The summed E-state index contributed by atoms with van der Waals surface area (Å²) in [7, 11) is 0. The Hall–Kier alpha value is -0.560. The lowest BCUT2D eigenvalue weighted by atomic mass is 9.61. The Morgan fingerprint density at radius 3 is 2.62 bits per heavy atom. The molecule has 0 aliphatic heterocycles. The summed E-state index contributed by atoms with van der Waals surface area (Å²) >= 11 is 0. The minimum Gasteiger partial charge on any atom is -0.385 e. The summed E-state index contributed by atoms with van der Waals surface area (Å²) in [6.07, 6.45) is 8.43. The fraction of sp³-hybridized carbons (Fsp3) is 0.733. The molecule has 0 aromatic heterocycles. The summed E-state index contributed by atoms with van der Waals surface area (Å²) in [5.74, 6) is 0. The molecular weight excluding hydrogens is 196 g/mol. The highest BCUT2D eigenvalue weighted by Gasteiger charge is 2.47. The molecule has 0 amide bonds. The van der Waals surface area contributed by atoms with Gasteiger partial charge in [-0.25, -0.2) is 0 Å². The van der Waals surface area contributed by atoms with E-state index in [-0.39, 0.29) is 5.41 Å². The average molecular weight is 222 g/mol. The van der Waals surface area contributed by atoms with Gasteiger partial charge in [0.1, 0.15) is 0 Å². The number of rotatable bonds is 3. The molecule has 1 heteroatoms. The molecule has 0 aromatic rings. The number of hydrogen-bond acceptors (Lipinski definition) is 1. The molecule has 92 valence electrons. The Kier molecular flexibility index (Phi) is 4.01. The van der Waals surface area contributed by atoms with E-state index in [1.54, 1.807) is 0 Å². The van der Waals surface area contributed by atoms with Gasteiger partial charge in [-0.1, -0.05) is 31.6 Å². The van der Waals surface area contributed by atoms with Crippen molar-refractivity contribution in [2.75, 3.05) is 0 Å². The molecule has 0 aromatic carbocycles. The topological polar surface area (TPSA) is 20.2 Å². The Morgan fingerprint density at radius 1 is 1.50 bits per heavy atom. The van der Waals surface area contributed by atoms with Crippen LogP contribution in [0.1, 0.15) is 60.3 Å². The fourth-order valence-electron chi connectivity index (χ4n) is 2.86. The van der Waals surface area contributed by atoms with Gasteiger partial charge in [0.15, 0.2) is 0 Å². The molecule has 1 rings (SSSR count). The molecule has 16 heavy (non-hydrogen) atoms. The van der Waals surface area contributed by atoms with Crippen LogP contribution in [0.5, 0.6) is 0 Å². The van der Waals surface area contributed by atoms with Gasteiger partial charge in [-0.3, -0.25) is 0 Å². The van der Waals surface area contributed by atoms with Crippen LogP contribution >= 0.6 is 0 Å². The molecule has 2 atom stereocenters. The van der Waals surface area contributed by atoms with E-state index in [1.165, 1.54) is 5.57 Å². The Labute approximate surface area is 100 Å². The smallest absolute Gasteiger partial charge is 0.0907 e. The third-order valence-electron chi connectivity index (χ3n) is 4.27. The van der Waals surface area contributed by atoms with Crippen molar-refractivity contribution in [2.45, 2.75) is 65.9 Å². The first-order valence-electron chi connectivity index (χ1n) is 6.39. The van der Waals surface area contributed by atoms with Crippen LogP contribution in [0.25, 0.3) is 0 Å². The first kappa shape index (κ1) is 13.5. The quantitative estimate of drug-likeness (QED) is 0.708. The number of hydrogen-bond donors (Lipinski definition) is 1. The lowest BCUT2D eigenvalue weighted by molar-refractivity contribution is -0.0573. The van der Waals surface area contributed by atoms with Crippen molar-refractivity contribution >= 4 is 0 Å². The van der Waals surface area contributed by atoms with Crippen LogP contribution in [0.15, 0.2) is 23.3 Å². The van der Waals surface area contributed by atoms with Crippen molar-refractivity contribution in [2.24, 2.45) is 5.41 Å². The summed E-state index contributed by atoms with van der Waals surface area (Å²) in [6.45, 7) is 10.6. The molecule has 1 N–H and O–H groups in total. The first-order chi connectivity index (χ1) is 7.35. The summed E-state index contributed by atoms with van der Waals surface area (Å²) in [5, 5.41) is 10.9. The molecule has 1 nitrogen and oxygen atoms in total. The molecule has 2 unspecified atom stereocenters. The van der Waals surface area contributed by atoms with Gasteiger partial charge >= 0.3 is 0 Å². The summed E-state index contributed by atoms with van der Waals surface area (Å²) < 4.78 is 0. The van der Waals surface area contributed by atoms with Gasteiger partial charge in [-0.05, 0) is 52.0 Å². The normalized spacial score (nSPS) is 34.5. The number of allylic oxidation sites excluding steroid dienone is 3. The van der Waals surface area contributed by atoms with Gasteiger partial charge in [0.05, 0.1) is 5.60 Å². The van der Waals surface area contributed by atoms with Gasteiger partial charge in [-0.2, -0.15) is 0 Å². The van der Waals surface area contributed by atoms with Crippen LogP contribution in [0.2, 0.25) is 0 Å². The molecule has 0 spiro atoms. The van der Waals surface area contributed by atoms with E-state index in [4.69, 9.17) is 0 Å². The second kappa shape index (κ2) is 4.75. The standard InChI is InChI=1S/C15H26O/c1-6-15(16)13(4)8-7-10-14(15,5)11-9-12(2)3/h8-9,16H,6-7,10-11H2,1-5H3. The van der Waals surface area contributed by atoms with E-state index >= 15 is 0 Å². The van der Waals surface area contributed by atoms with Crippen LogP contribution in [-0.4, -0.2) is 10.7 Å². The molecule has 0 radical (unpaired) electrons. The van der Waals surface area contributed by atoms with E-state index in [0.29, 0.717) is 0 Å². The molecule has 0 fully saturated rings. The van der Waals surface area contributed by atoms with E-state index in [1.807, 2.05) is 0 Å². The fourth-order valence-corrected chi connectivity index (χ4v) is 2.86. The van der Waals surface area contributed by atoms with Crippen molar-refractivity contribution < 1.29 is 5.11 Å². The van der Waals surface area contributed by atoms with Gasteiger partial charge in [-0.15, -0.1) is 0 Å². The minimum atomic E-state index is -0.614. The van der Waals surface area contributed by atoms with Crippen molar-refractivity contribution in [3.8, 4) is 0 Å². The lowest BCUT2D eigenvalue weighted by Crippen LogP contribution is -2.48. The van der Waals surface area contributed by atoms with Gasteiger partial charge in [0.25, 0.3) is 0 Å². The minimum absolute atomic E-state index is 0.00213. The predicted octanol–water partition coefficient (Wildman–Crippen LogP) is 4.23. The highest BCUT2D eigenvalue weighted by molar-refractivity contribution is 5.24. The van der Waals surface area contributed by atoms with Gasteiger partial charge in [0.2, 0.25) is 0 Å². The molecule has 0 saturated carbocycles. The summed E-state index contributed by atoms with van der Waals surface area (Å²) in [6, 6.07) is 0. The van der Waals surface area contributed by atoms with Gasteiger partial charge in [0, 0.05) is 5.41 Å². The van der Waals surface area contributed by atoms with E-state index in [9.17, 15) is 5.11 Å². The zero-order valence-corrected chi connectivity index (χ0v) is 11.4. The zero-order valence-electron chi connectivity index (χ0n) is 11.4.